The Labute approximate surface area is 180 Å². The van der Waals surface area contributed by atoms with Crippen LogP contribution in [-0.2, 0) is 16.8 Å². The summed E-state index contributed by atoms with van der Waals surface area (Å²) in [6.45, 7) is 3.50. The predicted octanol–water partition coefficient (Wildman–Crippen LogP) is 2.89. The van der Waals surface area contributed by atoms with Gasteiger partial charge in [-0.3, -0.25) is 4.79 Å². The van der Waals surface area contributed by atoms with Crippen LogP contribution in [0.15, 0.2) is 30.3 Å². The third kappa shape index (κ3) is 3.97. The lowest BCUT2D eigenvalue weighted by atomic mass is 9.83. The van der Waals surface area contributed by atoms with E-state index in [0.717, 1.165) is 55.3 Å². The van der Waals surface area contributed by atoms with Gasteiger partial charge < -0.3 is 24.8 Å². The third-order valence-corrected chi connectivity index (χ3v) is 6.89. The van der Waals surface area contributed by atoms with Crippen LogP contribution in [0.5, 0.6) is 11.5 Å². The van der Waals surface area contributed by atoms with Gasteiger partial charge in [-0.25, -0.2) is 0 Å². The van der Waals surface area contributed by atoms with Gasteiger partial charge in [-0.2, -0.15) is 0 Å². The summed E-state index contributed by atoms with van der Waals surface area (Å²) in [6.07, 6.45) is 2.63. The Morgan fingerprint density at radius 3 is 2.86 bits per heavy atom. The van der Waals surface area contributed by atoms with Crippen molar-refractivity contribution in [1.29, 1.82) is 0 Å². The number of piperidine rings is 1. The molecule has 2 aromatic rings. The van der Waals surface area contributed by atoms with Crippen LogP contribution >= 0.6 is 23.7 Å². The fraction of sp³-hybridized carbons (Fsp3) is 0.476. The quantitative estimate of drug-likeness (QED) is 0.774. The van der Waals surface area contributed by atoms with E-state index in [4.69, 9.17) is 14.2 Å². The van der Waals surface area contributed by atoms with Gasteiger partial charge in [0.2, 0.25) is 0 Å². The van der Waals surface area contributed by atoms with Gasteiger partial charge in [0.1, 0.15) is 12.7 Å². The Morgan fingerprint density at radius 1 is 1.24 bits per heavy atom. The number of halogens is 1. The Hall–Kier alpha value is -1.80. The Bertz CT molecular complexity index is 881. The van der Waals surface area contributed by atoms with Gasteiger partial charge in [0.05, 0.1) is 23.6 Å². The van der Waals surface area contributed by atoms with E-state index >= 15 is 0 Å². The highest BCUT2D eigenvalue weighted by molar-refractivity contribution is 7.14. The third-order valence-electron chi connectivity index (χ3n) is 5.70. The monoisotopic (exact) mass is 436 g/mol. The largest absolute Gasteiger partial charge is 0.486 e. The van der Waals surface area contributed by atoms with Crippen molar-refractivity contribution in [3.63, 3.8) is 0 Å². The van der Waals surface area contributed by atoms with Crippen LogP contribution in [0.3, 0.4) is 0 Å². The maximum atomic E-state index is 12.8. The van der Waals surface area contributed by atoms with Crippen molar-refractivity contribution >= 4 is 29.7 Å². The van der Waals surface area contributed by atoms with E-state index in [2.05, 4.69) is 10.6 Å². The van der Waals surface area contributed by atoms with Crippen LogP contribution in [0.2, 0.25) is 0 Å². The van der Waals surface area contributed by atoms with Crippen LogP contribution < -0.4 is 20.1 Å². The number of fused-ring (bicyclic) bond motifs is 3. The first-order valence-electron chi connectivity index (χ1n) is 9.88. The summed E-state index contributed by atoms with van der Waals surface area (Å²) in [4.78, 5) is 14.8. The number of hydrogen-bond acceptors (Lipinski definition) is 6. The molecular formula is C21H25ClN2O4S. The molecule has 5 rings (SSSR count). The number of carbonyl (C=O) groups excluding carboxylic acids is 1. The number of thiophene rings is 1. The number of amides is 1. The molecule has 0 bridgehead atoms. The minimum atomic E-state index is -0.210. The van der Waals surface area contributed by atoms with Crippen molar-refractivity contribution in [2.24, 2.45) is 0 Å². The molecular weight excluding hydrogens is 412 g/mol. The average Bonchev–Trinajstić information content (AvgIpc) is 3.19. The number of hydrogen-bond donors (Lipinski definition) is 2. The Balaban J connectivity index is 0.00000205. The number of carbonyl (C=O) groups is 1. The number of rotatable bonds is 3. The van der Waals surface area contributed by atoms with Gasteiger partial charge in [0.15, 0.2) is 11.5 Å². The lowest BCUT2D eigenvalue weighted by Gasteiger charge is -2.40. The molecule has 8 heteroatoms. The van der Waals surface area contributed by atoms with Gasteiger partial charge >= 0.3 is 0 Å². The first-order chi connectivity index (χ1) is 13.7. The second-order valence-electron chi connectivity index (χ2n) is 7.50. The summed E-state index contributed by atoms with van der Waals surface area (Å²) in [5.41, 5.74) is 1.01. The molecule has 1 amide bonds. The maximum Gasteiger partial charge on any atom is 0.261 e. The van der Waals surface area contributed by atoms with Crippen molar-refractivity contribution in [3.05, 3.63) is 45.6 Å². The van der Waals surface area contributed by atoms with E-state index in [0.29, 0.717) is 13.2 Å². The molecule has 3 aliphatic rings. The second kappa shape index (κ2) is 8.52. The Morgan fingerprint density at radius 2 is 2.03 bits per heavy atom. The lowest BCUT2D eigenvalue weighted by molar-refractivity contribution is -0.0792. The molecule has 2 N–H and O–H groups in total. The van der Waals surface area contributed by atoms with Crippen molar-refractivity contribution in [1.82, 2.24) is 10.6 Å². The van der Waals surface area contributed by atoms with Crippen molar-refractivity contribution < 1.29 is 19.0 Å². The normalized spacial score (nSPS) is 21.7. The van der Waals surface area contributed by atoms with Crippen molar-refractivity contribution in [3.8, 4) is 11.5 Å². The van der Waals surface area contributed by atoms with E-state index in [9.17, 15) is 4.79 Å². The molecule has 156 valence electrons. The zero-order valence-corrected chi connectivity index (χ0v) is 17.7. The lowest BCUT2D eigenvalue weighted by Crippen LogP contribution is -2.44. The molecule has 1 saturated heterocycles. The van der Waals surface area contributed by atoms with Crippen LogP contribution in [0.1, 0.15) is 33.0 Å². The highest BCUT2D eigenvalue weighted by Crippen LogP contribution is 2.43. The average molecular weight is 437 g/mol. The zero-order chi connectivity index (χ0) is 19.0. The van der Waals surface area contributed by atoms with E-state index in [1.807, 2.05) is 30.3 Å². The highest BCUT2D eigenvalue weighted by atomic mass is 35.5. The van der Waals surface area contributed by atoms with E-state index in [1.54, 1.807) is 11.3 Å². The van der Waals surface area contributed by atoms with Crippen LogP contribution in [0, 0.1) is 0 Å². The number of para-hydroxylation sites is 2. The molecule has 0 aliphatic carbocycles. The summed E-state index contributed by atoms with van der Waals surface area (Å²) in [7, 11) is 0. The minimum Gasteiger partial charge on any atom is -0.486 e. The van der Waals surface area contributed by atoms with Gasteiger partial charge in [0.25, 0.3) is 5.91 Å². The number of ether oxygens (including phenoxy) is 3. The maximum absolute atomic E-state index is 12.8. The molecule has 1 unspecified atom stereocenters. The number of benzene rings is 1. The summed E-state index contributed by atoms with van der Waals surface area (Å²) in [5, 5.41) is 6.41. The van der Waals surface area contributed by atoms with Gasteiger partial charge in [-0.1, -0.05) is 12.1 Å². The van der Waals surface area contributed by atoms with E-state index in [-0.39, 0.29) is 30.0 Å². The first-order valence-corrected chi connectivity index (χ1v) is 10.7. The standard InChI is InChI=1S/C21H24N2O4S.ClH/c24-20(23-12-14-13-25-16-3-1-2-4-17(16)27-14)19-11-15-18(28-19)5-10-26-21(15)6-8-22-9-7-21;/h1-4,11,14,22H,5-10,12-13H2,(H,23,24);1H. The molecule has 0 saturated carbocycles. The molecule has 1 aromatic heterocycles. The molecule has 29 heavy (non-hydrogen) atoms. The summed E-state index contributed by atoms with van der Waals surface area (Å²) in [6, 6.07) is 9.65. The number of nitrogens with one attached hydrogen (secondary N) is 2. The van der Waals surface area contributed by atoms with Gasteiger partial charge in [-0.15, -0.1) is 23.7 Å². The van der Waals surface area contributed by atoms with E-state index < -0.39 is 0 Å². The fourth-order valence-electron chi connectivity index (χ4n) is 4.23. The molecule has 6 nitrogen and oxygen atoms in total. The second-order valence-corrected chi connectivity index (χ2v) is 8.63. The van der Waals surface area contributed by atoms with Crippen LogP contribution in [-0.4, -0.2) is 44.9 Å². The smallest absolute Gasteiger partial charge is 0.261 e. The van der Waals surface area contributed by atoms with Gasteiger partial charge in [0, 0.05) is 11.3 Å². The molecule has 1 aromatic carbocycles. The summed E-state index contributed by atoms with van der Waals surface area (Å²) < 4.78 is 17.9. The zero-order valence-electron chi connectivity index (χ0n) is 16.1. The molecule has 0 radical (unpaired) electrons. The SMILES string of the molecule is Cl.O=C(NCC1COc2ccccc2O1)c1cc2c(s1)CCOC21CCNCC1. The molecule has 1 atom stereocenters. The van der Waals surface area contributed by atoms with Gasteiger partial charge in [-0.05, 0) is 49.7 Å². The van der Waals surface area contributed by atoms with Crippen LogP contribution in [0.4, 0.5) is 0 Å². The summed E-state index contributed by atoms with van der Waals surface area (Å²) in [5.74, 6) is 1.43. The first kappa shape index (κ1) is 20.5. The minimum absolute atomic E-state index is 0. The molecule has 4 heterocycles. The Kier molecular flexibility index (Phi) is 6.01. The van der Waals surface area contributed by atoms with E-state index in [1.165, 1.54) is 10.4 Å². The highest BCUT2D eigenvalue weighted by Gasteiger charge is 2.40. The molecule has 1 spiro atoms. The topological polar surface area (TPSA) is 68.8 Å². The van der Waals surface area contributed by atoms with Crippen molar-refractivity contribution in [2.75, 3.05) is 32.8 Å². The fourth-order valence-corrected chi connectivity index (χ4v) is 5.38. The molecule has 1 fully saturated rings. The van der Waals surface area contributed by atoms with Crippen molar-refractivity contribution in [2.45, 2.75) is 31.0 Å². The molecule has 3 aliphatic heterocycles. The summed E-state index contributed by atoms with van der Waals surface area (Å²) >= 11 is 1.60. The predicted molar refractivity (Wildman–Crippen MR) is 114 cm³/mol. The van der Waals surface area contributed by atoms with Crippen LogP contribution in [0.25, 0.3) is 0 Å².